The van der Waals surface area contributed by atoms with Gasteiger partial charge in [-0.2, -0.15) is 0 Å². The molecular weight excluding hydrogens is 252 g/mol. The molecule has 2 amide bonds. The van der Waals surface area contributed by atoms with E-state index in [1.165, 1.54) is 0 Å². The van der Waals surface area contributed by atoms with Crippen LogP contribution < -0.4 is 10.6 Å². The Bertz CT molecular complexity index is 380. The molecule has 2 unspecified atom stereocenters. The Morgan fingerprint density at radius 1 is 1.19 bits per heavy atom. The average molecular weight is 267 g/mol. The van der Waals surface area contributed by atoms with Crippen molar-refractivity contribution in [2.75, 3.05) is 11.5 Å². The SMILES string of the molecule is O=C(NC1CCC1)NC1CS(=O)(=O)CC1Cl. The van der Waals surface area contributed by atoms with Crippen molar-refractivity contribution in [3.8, 4) is 0 Å². The number of alkyl halides is 1. The Morgan fingerprint density at radius 3 is 2.31 bits per heavy atom. The van der Waals surface area contributed by atoms with Crippen LogP contribution in [0, 0.1) is 0 Å². The predicted octanol–water partition coefficient (Wildman–Crippen LogP) is 0.243. The quantitative estimate of drug-likeness (QED) is 0.703. The maximum absolute atomic E-state index is 11.5. The van der Waals surface area contributed by atoms with Gasteiger partial charge in [0.1, 0.15) is 0 Å². The highest BCUT2D eigenvalue weighted by Gasteiger charge is 2.37. The summed E-state index contributed by atoms with van der Waals surface area (Å²) in [5.41, 5.74) is 0. The molecule has 7 heteroatoms. The molecule has 2 aliphatic rings. The third kappa shape index (κ3) is 2.79. The molecule has 2 atom stereocenters. The molecule has 1 saturated carbocycles. The van der Waals surface area contributed by atoms with Crippen molar-refractivity contribution in [3.63, 3.8) is 0 Å². The van der Waals surface area contributed by atoms with Crippen molar-refractivity contribution in [3.05, 3.63) is 0 Å². The van der Waals surface area contributed by atoms with Crippen molar-refractivity contribution in [2.45, 2.75) is 36.7 Å². The topological polar surface area (TPSA) is 75.3 Å². The summed E-state index contributed by atoms with van der Waals surface area (Å²) in [6.45, 7) is 0. The zero-order chi connectivity index (χ0) is 11.8. The molecule has 16 heavy (non-hydrogen) atoms. The van der Waals surface area contributed by atoms with E-state index in [1.54, 1.807) is 0 Å². The molecule has 0 bridgehead atoms. The number of carbonyl (C=O) groups is 1. The minimum Gasteiger partial charge on any atom is -0.335 e. The van der Waals surface area contributed by atoms with E-state index in [-0.39, 0.29) is 23.6 Å². The lowest BCUT2D eigenvalue weighted by Crippen LogP contribution is -2.50. The monoisotopic (exact) mass is 266 g/mol. The summed E-state index contributed by atoms with van der Waals surface area (Å²) in [6, 6.07) is -0.532. The lowest BCUT2D eigenvalue weighted by Gasteiger charge is -2.27. The molecule has 2 rings (SSSR count). The van der Waals surface area contributed by atoms with Crippen molar-refractivity contribution < 1.29 is 13.2 Å². The fourth-order valence-corrected chi connectivity index (χ4v) is 4.43. The van der Waals surface area contributed by atoms with Crippen molar-refractivity contribution >= 4 is 27.5 Å². The first-order valence-corrected chi connectivity index (χ1v) is 7.63. The Hall–Kier alpha value is -0.490. The number of hydrogen-bond donors (Lipinski definition) is 2. The number of halogens is 1. The van der Waals surface area contributed by atoms with Gasteiger partial charge in [0.05, 0.1) is 22.9 Å². The van der Waals surface area contributed by atoms with Crippen molar-refractivity contribution in [1.82, 2.24) is 10.6 Å². The van der Waals surface area contributed by atoms with Crippen LogP contribution in [0.15, 0.2) is 0 Å². The third-order valence-electron chi connectivity index (χ3n) is 3.04. The molecule has 1 aliphatic carbocycles. The normalized spacial score (nSPS) is 33.1. The minimum absolute atomic E-state index is 0.0526. The van der Waals surface area contributed by atoms with Gasteiger partial charge in [0.15, 0.2) is 9.84 Å². The van der Waals surface area contributed by atoms with Gasteiger partial charge in [-0.25, -0.2) is 13.2 Å². The van der Waals surface area contributed by atoms with E-state index in [1.807, 2.05) is 0 Å². The first-order chi connectivity index (χ1) is 7.46. The third-order valence-corrected chi connectivity index (χ3v) is 5.42. The van der Waals surface area contributed by atoms with Crippen LogP contribution in [0.1, 0.15) is 19.3 Å². The summed E-state index contributed by atoms with van der Waals surface area (Å²) in [7, 11) is -3.08. The molecule has 2 fully saturated rings. The second kappa shape index (κ2) is 4.41. The highest BCUT2D eigenvalue weighted by atomic mass is 35.5. The summed E-state index contributed by atoms with van der Waals surface area (Å²) < 4.78 is 22.5. The fraction of sp³-hybridized carbons (Fsp3) is 0.889. The van der Waals surface area contributed by atoms with Gasteiger partial charge in [0, 0.05) is 6.04 Å². The molecule has 92 valence electrons. The highest BCUT2D eigenvalue weighted by Crippen LogP contribution is 2.19. The number of rotatable bonds is 2. The Balaban J connectivity index is 1.82. The largest absolute Gasteiger partial charge is 0.335 e. The molecule has 0 spiro atoms. The van der Waals surface area contributed by atoms with Crippen LogP contribution in [0.3, 0.4) is 0 Å². The van der Waals surface area contributed by atoms with Gasteiger partial charge in [-0.1, -0.05) is 0 Å². The van der Waals surface area contributed by atoms with Gasteiger partial charge in [0.25, 0.3) is 0 Å². The van der Waals surface area contributed by atoms with E-state index < -0.39 is 21.3 Å². The summed E-state index contributed by atoms with van der Waals surface area (Å²) in [6.07, 6.45) is 3.14. The van der Waals surface area contributed by atoms with Gasteiger partial charge >= 0.3 is 6.03 Å². The van der Waals surface area contributed by atoms with Crippen LogP contribution in [0.2, 0.25) is 0 Å². The average Bonchev–Trinajstić information content (AvgIpc) is 2.33. The van der Waals surface area contributed by atoms with Crippen LogP contribution in [-0.4, -0.2) is 43.4 Å². The van der Waals surface area contributed by atoms with E-state index in [0.29, 0.717) is 0 Å². The number of amides is 2. The minimum atomic E-state index is -3.08. The lowest BCUT2D eigenvalue weighted by molar-refractivity contribution is 0.225. The summed E-state index contributed by atoms with van der Waals surface area (Å²) >= 11 is 5.87. The number of sulfone groups is 1. The lowest BCUT2D eigenvalue weighted by atomic mass is 9.93. The molecule has 0 aromatic carbocycles. The van der Waals surface area contributed by atoms with Crippen LogP contribution in [-0.2, 0) is 9.84 Å². The molecule has 0 aromatic heterocycles. The highest BCUT2D eigenvalue weighted by molar-refractivity contribution is 7.91. The number of urea groups is 1. The van der Waals surface area contributed by atoms with Crippen LogP contribution in [0.5, 0.6) is 0 Å². The zero-order valence-corrected chi connectivity index (χ0v) is 10.4. The molecule has 5 nitrogen and oxygen atoms in total. The summed E-state index contributed by atoms with van der Waals surface area (Å²) in [5.74, 6) is -0.109. The predicted molar refractivity (Wildman–Crippen MR) is 61.4 cm³/mol. The van der Waals surface area contributed by atoms with Crippen LogP contribution in [0.4, 0.5) is 4.79 Å². The van der Waals surface area contributed by atoms with Gasteiger partial charge in [0.2, 0.25) is 0 Å². The molecule has 1 aliphatic heterocycles. The maximum atomic E-state index is 11.5. The fourth-order valence-electron chi connectivity index (χ4n) is 1.88. The van der Waals surface area contributed by atoms with Gasteiger partial charge < -0.3 is 10.6 Å². The first kappa shape index (κ1) is 12.0. The number of hydrogen-bond acceptors (Lipinski definition) is 3. The van der Waals surface area contributed by atoms with E-state index in [9.17, 15) is 13.2 Å². The van der Waals surface area contributed by atoms with E-state index in [0.717, 1.165) is 19.3 Å². The van der Waals surface area contributed by atoms with Gasteiger partial charge in [-0.3, -0.25) is 0 Å². The molecule has 1 heterocycles. The smallest absolute Gasteiger partial charge is 0.315 e. The Kier molecular flexibility index (Phi) is 3.30. The second-order valence-corrected chi connectivity index (χ2v) is 7.16. The van der Waals surface area contributed by atoms with Crippen LogP contribution in [0.25, 0.3) is 0 Å². The number of carbonyl (C=O) groups excluding carboxylic acids is 1. The van der Waals surface area contributed by atoms with E-state index in [4.69, 9.17) is 11.6 Å². The first-order valence-electron chi connectivity index (χ1n) is 5.38. The van der Waals surface area contributed by atoms with Gasteiger partial charge in [-0.05, 0) is 19.3 Å². The maximum Gasteiger partial charge on any atom is 0.315 e. The summed E-state index contributed by atoms with van der Waals surface area (Å²) in [5, 5.41) is 4.89. The molecule has 0 aromatic rings. The Labute approximate surface area is 99.8 Å². The molecule has 0 radical (unpaired) electrons. The van der Waals surface area contributed by atoms with Gasteiger partial charge in [-0.15, -0.1) is 11.6 Å². The summed E-state index contributed by atoms with van der Waals surface area (Å²) in [4.78, 5) is 11.5. The second-order valence-electron chi connectivity index (χ2n) is 4.45. The Morgan fingerprint density at radius 2 is 1.88 bits per heavy atom. The number of nitrogens with one attached hydrogen (secondary N) is 2. The van der Waals surface area contributed by atoms with E-state index >= 15 is 0 Å². The zero-order valence-electron chi connectivity index (χ0n) is 8.78. The van der Waals surface area contributed by atoms with E-state index in [2.05, 4.69) is 10.6 Å². The van der Waals surface area contributed by atoms with Crippen molar-refractivity contribution in [2.24, 2.45) is 0 Å². The van der Waals surface area contributed by atoms with Crippen molar-refractivity contribution in [1.29, 1.82) is 0 Å². The molecular formula is C9H15ClN2O3S. The standard InChI is InChI=1S/C9H15ClN2O3S/c10-7-4-16(14,15)5-8(7)12-9(13)11-6-2-1-3-6/h6-8H,1-5H2,(H2,11,12,13). The van der Waals surface area contributed by atoms with Crippen LogP contribution >= 0.6 is 11.6 Å². The molecule has 2 N–H and O–H groups in total. The molecule has 1 saturated heterocycles.